The van der Waals surface area contributed by atoms with E-state index >= 15 is 0 Å². The zero-order valence-electron chi connectivity index (χ0n) is 9.89. The molecule has 108 valence electrons. The van der Waals surface area contributed by atoms with Crippen LogP contribution in [0, 0.1) is 11.6 Å². The summed E-state index contributed by atoms with van der Waals surface area (Å²) in [7, 11) is 0. The maximum absolute atomic E-state index is 13.2. The summed E-state index contributed by atoms with van der Waals surface area (Å²) in [6, 6.07) is -0.427. The summed E-state index contributed by atoms with van der Waals surface area (Å²) < 4.78 is 25.9. The number of carbonyl (C=O) groups excluding carboxylic acids is 1. The Morgan fingerprint density at radius 3 is 2.35 bits per heavy atom. The summed E-state index contributed by atoms with van der Waals surface area (Å²) in [5.74, 6) is -4.87. The number of urea groups is 1. The Kier molecular flexibility index (Phi) is 4.95. The molecule has 0 bridgehead atoms. The van der Waals surface area contributed by atoms with Gasteiger partial charge in [0.1, 0.15) is 17.7 Å². The zero-order valence-corrected chi connectivity index (χ0v) is 9.89. The van der Waals surface area contributed by atoms with E-state index in [9.17, 15) is 23.2 Å². The lowest BCUT2D eigenvalue weighted by Crippen LogP contribution is -2.44. The summed E-state index contributed by atoms with van der Waals surface area (Å²) in [4.78, 5) is 32.5. The van der Waals surface area contributed by atoms with E-state index in [4.69, 9.17) is 10.2 Å². The van der Waals surface area contributed by atoms with E-state index in [0.29, 0.717) is 6.07 Å². The van der Waals surface area contributed by atoms with Crippen molar-refractivity contribution in [2.24, 2.45) is 0 Å². The van der Waals surface area contributed by atoms with Gasteiger partial charge in [0.05, 0.1) is 12.1 Å². The molecular weight excluding hydrogens is 278 g/mol. The van der Waals surface area contributed by atoms with Crippen molar-refractivity contribution in [3.8, 4) is 0 Å². The smallest absolute Gasteiger partial charge is 0.326 e. The lowest BCUT2D eigenvalue weighted by Gasteiger charge is -2.13. The highest BCUT2D eigenvalue weighted by atomic mass is 19.1. The van der Waals surface area contributed by atoms with Gasteiger partial charge < -0.3 is 20.8 Å². The summed E-state index contributed by atoms with van der Waals surface area (Å²) >= 11 is 0. The van der Waals surface area contributed by atoms with E-state index < -0.39 is 42.1 Å². The molecule has 9 heteroatoms. The Hall–Kier alpha value is -2.71. The van der Waals surface area contributed by atoms with Crippen LogP contribution in [0.5, 0.6) is 0 Å². The van der Waals surface area contributed by atoms with Gasteiger partial charge in [-0.15, -0.1) is 0 Å². The number of hydrogen-bond acceptors (Lipinski definition) is 3. The molecule has 1 rings (SSSR count). The van der Waals surface area contributed by atoms with Crippen LogP contribution in [0.4, 0.5) is 19.3 Å². The second kappa shape index (κ2) is 6.45. The van der Waals surface area contributed by atoms with Gasteiger partial charge in [-0.1, -0.05) is 0 Å². The highest BCUT2D eigenvalue weighted by Gasteiger charge is 2.23. The average Bonchev–Trinajstić information content (AvgIpc) is 2.31. The number of carboxylic acid groups (broad SMARTS) is 2. The van der Waals surface area contributed by atoms with Gasteiger partial charge >= 0.3 is 18.0 Å². The van der Waals surface area contributed by atoms with Crippen molar-refractivity contribution in [2.45, 2.75) is 12.5 Å². The zero-order chi connectivity index (χ0) is 15.3. The lowest BCUT2D eigenvalue weighted by molar-refractivity contribution is -0.145. The number of nitrogens with one attached hydrogen (secondary N) is 2. The molecule has 0 aromatic heterocycles. The summed E-state index contributed by atoms with van der Waals surface area (Å²) in [5, 5.41) is 21.0. The quantitative estimate of drug-likeness (QED) is 0.645. The third-order valence-electron chi connectivity index (χ3n) is 2.16. The first-order chi connectivity index (χ1) is 9.29. The molecule has 0 radical (unpaired) electrons. The molecule has 1 atom stereocenters. The first kappa shape index (κ1) is 15.3. The predicted molar refractivity (Wildman–Crippen MR) is 62.2 cm³/mol. The molecule has 2 amide bonds. The van der Waals surface area contributed by atoms with Crippen LogP contribution in [0.3, 0.4) is 0 Å². The topological polar surface area (TPSA) is 116 Å². The van der Waals surface area contributed by atoms with E-state index in [1.165, 1.54) is 0 Å². The number of benzene rings is 1. The molecule has 0 saturated carbocycles. The SMILES string of the molecule is O=C(O)C[C@H](NC(=O)Nc1ccc(F)cc1F)C(=O)O. The number of anilines is 1. The fraction of sp³-hybridized carbons (Fsp3) is 0.182. The molecule has 0 saturated heterocycles. The van der Waals surface area contributed by atoms with Gasteiger partial charge in [0.25, 0.3) is 0 Å². The van der Waals surface area contributed by atoms with Crippen LogP contribution in [-0.4, -0.2) is 34.2 Å². The Bertz CT molecular complexity index is 550. The molecule has 0 aliphatic rings. The standard InChI is InChI=1S/C11H10F2N2O5/c12-5-1-2-7(6(13)3-5)14-11(20)15-8(10(18)19)4-9(16)17/h1-3,8H,4H2,(H,16,17)(H,18,19)(H2,14,15,20)/t8-/m0/s1. The van der Waals surface area contributed by atoms with E-state index in [-0.39, 0.29) is 5.69 Å². The van der Waals surface area contributed by atoms with Crippen molar-refractivity contribution in [1.29, 1.82) is 0 Å². The summed E-state index contributed by atoms with van der Waals surface area (Å²) in [6.07, 6.45) is -0.839. The van der Waals surface area contributed by atoms with E-state index in [1.807, 2.05) is 10.6 Å². The van der Waals surface area contributed by atoms with Crippen molar-refractivity contribution in [3.63, 3.8) is 0 Å². The van der Waals surface area contributed by atoms with Gasteiger partial charge in [-0.3, -0.25) is 4.79 Å². The number of rotatable bonds is 5. The van der Waals surface area contributed by atoms with Gasteiger partial charge in [-0.25, -0.2) is 18.4 Å². The van der Waals surface area contributed by atoms with E-state index in [1.54, 1.807) is 0 Å². The van der Waals surface area contributed by atoms with Gasteiger partial charge in [0, 0.05) is 6.07 Å². The van der Waals surface area contributed by atoms with Gasteiger partial charge in [0.2, 0.25) is 0 Å². The minimum atomic E-state index is -1.67. The lowest BCUT2D eigenvalue weighted by atomic mass is 10.2. The van der Waals surface area contributed by atoms with Crippen molar-refractivity contribution in [3.05, 3.63) is 29.8 Å². The van der Waals surface area contributed by atoms with Crippen LogP contribution in [-0.2, 0) is 9.59 Å². The average molecular weight is 288 g/mol. The second-order valence-electron chi connectivity index (χ2n) is 3.71. The summed E-state index contributed by atoms with van der Waals surface area (Å²) in [6.45, 7) is 0. The Balaban J connectivity index is 2.70. The number of amides is 2. The Labute approximate surface area is 111 Å². The fourth-order valence-electron chi connectivity index (χ4n) is 1.28. The summed E-state index contributed by atoms with van der Waals surface area (Å²) in [5.41, 5.74) is -0.372. The van der Waals surface area contributed by atoms with Crippen molar-refractivity contribution < 1.29 is 33.4 Å². The molecule has 0 heterocycles. The minimum absolute atomic E-state index is 0.372. The Morgan fingerprint density at radius 1 is 1.20 bits per heavy atom. The normalized spacial score (nSPS) is 11.5. The first-order valence-corrected chi connectivity index (χ1v) is 5.26. The molecule has 4 N–H and O–H groups in total. The van der Waals surface area contributed by atoms with E-state index in [2.05, 4.69) is 0 Å². The third kappa shape index (κ3) is 4.52. The second-order valence-corrected chi connectivity index (χ2v) is 3.71. The van der Waals surface area contributed by atoms with Gasteiger partial charge in [-0.2, -0.15) is 0 Å². The maximum atomic E-state index is 13.2. The molecule has 0 aliphatic carbocycles. The van der Waals surface area contributed by atoms with E-state index in [0.717, 1.165) is 12.1 Å². The molecule has 1 aromatic carbocycles. The fourth-order valence-corrected chi connectivity index (χ4v) is 1.28. The molecule has 1 aromatic rings. The molecule has 0 unspecified atom stereocenters. The van der Waals surface area contributed by atoms with Crippen molar-refractivity contribution >= 4 is 23.7 Å². The molecular formula is C11H10F2N2O5. The monoisotopic (exact) mass is 288 g/mol. The molecule has 20 heavy (non-hydrogen) atoms. The number of carbonyl (C=O) groups is 3. The molecule has 0 aliphatic heterocycles. The third-order valence-corrected chi connectivity index (χ3v) is 2.16. The van der Waals surface area contributed by atoms with Gasteiger partial charge in [-0.05, 0) is 12.1 Å². The van der Waals surface area contributed by atoms with Crippen molar-refractivity contribution in [2.75, 3.05) is 5.32 Å². The highest BCUT2D eigenvalue weighted by molar-refractivity contribution is 5.93. The van der Waals surface area contributed by atoms with Crippen LogP contribution in [0.25, 0.3) is 0 Å². The van der Waals surface area contributed by atoms with Crippen LogP contribution in [0.2, 0.25) is 0 Å². The van der Waals surface area contributed by atoms with Crippen molar-refractivity contribution in [1.82, 2.24) is 5.32 Å². The first-order valence-electron chi connectivity index (χ1n) is 5.26. The number of carboxylic acids is 2. The predicted octanol–water partition coefficient (Wildman–Crippen LogP) is 1.01. The van der Waals surface area contributed by atoms with Crippen LogP contribution in [0.15, 0.2) is 18.2 Å². The largest absolute Gasteiger partial charge is 0.481 e. The molecule has 0 spiro atoms. The van der Waals surface area contributed by atoms with Crippen LogP contribution in [0.1, 0.15) is 6.42 Å². The molecule has 7 nitrogen and oxygen atoms in total. The maximum Gasteiger partial charge on any atom is 0.326 e. The van der Waals surface area contributed by atoms with Crippen LogP contribution >= 0.6 is 0 Å². The Morgan fingerprint density at radius 2 is 1.85 bits per heavy atom. The van der Waals surface area contributed by atoms with Crippen LogP contribution < -0.4 is 10.6 Å². The highest BCUT2D eigenvalue weighted by Crippen LogP contribution is 2.14. The molecule has 0 fully saturated rings. The number of aliphatic carboxylic acids is 2. The number of hydrogen-bond donors (Lipinski definition) is 4. The number of halogens is 2. The van der Waals surface area contributed by atoms with Gasteiger partial charge in [0.15, 0.2) is 0 Å². The minimum Gasteiger partial charge on any atom is -0.481 e.